The van der Waals surface area contributed by atoms with Crippen LogP contribution in [0.15, 0.2) is 122 Å². The van der Waals surface area contributed by atoms with Crippen molar-refractivity contribution in [2.75, 3.05) is 103 Å². The fourth-order valence-corrected chi connectivity index (χ4v) is 10.3. The lowest BCUT2D eigenvalue weighted by Crippen LogP contribution is -2.53. The number of benzene rings is 4. The number of hydrogen-bond donors (Lipinski definition) is 7. The van der Waals surface area contributed by atoms with E-state index in [0.717, 1.165) is 60.9 Å². The van der Waals surface area contributed by atoms with E-state index < -0.39 is 6.10 Å². The summed E-state index contributed by atoms with van der Waals surface area (Å²) in [6.45, 7) is 8.29. The molecule has 2 amide bonds. The molecule has 2 unspecified atom stereocenters. The van der Waals surface area contributed by atoms with Crippen LogP contribution in [0.2, 0.25) is 0 Å². The third-order valence-corrected chi connectivity index (χ3v) is 14.8. The summed E-state index contributed by atoms with van der Waals surface area (Å²) in [5.41, 5.74) is 22.3. The van der Waals surface area contributed by atoms with Crippen LogP contribution in [-0.4, -0.2) is 180 Å². The van der Waals surface area contributed by atoms with Crippen LogP contribution >= 0.6 is 0 Å². The van der Waals surface area contributed by atoms with E-state index in [1.54, 1.807) is 4.90 Å². The normalized spacial score (nSPS) is 16.8. The number of nitrogens with zero attached hydrogens (tertiary/aromatic N) is 11. The summed E-state index contributed by atoms with van der Waals surface area (Å²) < 4.78 is 21.1. The average Bonchev–Trinajstić information content (AvgIpc) is 3.23. The summed E-state index contributed by atoms with van der Waals surface area (Å²) in [6, 6.07) is 34.4. The average molecular weight is 1120 g/mol. The maximum Gasteiger partial charge on any atom is 0.236 e. The number of nitrogens with one attached hydrogen (secondary N) is 2. The Balaban J connectivity index is 0.000000159. The van der Waals surface area contributed by atoms with Gasteiger partial charge in [-0.1, -0.05) is 42.8 Å². The molecule has 4 aliphatic rings. The van der Waals surface area contributed by atoms with Crippen molar-refractivity contribution in [2.45, 2.75) is 56.4 Å². The molecule has 8 heterocycles. The van der Waals surface area contributed by atoms with Crippen molar-refractivity contribution in [2.24, 2.45) is 5.73 Å². The molecule has 0 bridgehead atoms. The fraction of sp³-hybridized carbons (Fsp3) is 0.390. The number of anilines is 2. The van der Waals surface area contributed by atoms with Crippen molar-refractivity contribution >= 4 is 45.5 Å². The molecule has 82 heavy (non-hydrogen) atoms. The zero-order valence-electron chi connectivity index (χ0n) is 45.9. The van der Waals surface area contributed by atoms with Gasteiger partial charge in [0.25, 0.3) is 0 Å². The molecular weight excluding hydrogens is 1040 g/mol. The number of nitrogens with two attached hydrogens (primary N) is 3. The molecule has 23 heteroatoms. The molecule has 0 saturated carbocycles. The third-order valence-electron chi connectivity index (χ3n) is 14.8. The Kier molecular flexibility index (Phi) is 19.2. The molecular formula is C59H72N16O7. The van der Waals surface area contributed by atoms with Crippen LogP contribution in [0.4, 0.5) is 11.6 Å². The van der Waals surface area contributed by atoms with E-state index in [1.807, 2.05) is 123 Å². The van der Waals surface area contributed by atoms with E-state index in [2.05, 4.69) is 35.5 Å². The lowest BCUT2D eigenvalue weighted by Gasteiger charge is -2.39. The lowest BCUT2D eigenvalue weighted by molar-refractivity contribution is -0.136. The molecule has 12 rings (SSSR count). The lowest BCUT2D eigenvalue weighted by atomic mass is 10.1. The number of para-hydroxylation sites is 2. The second-order valence-electron chi connectivity index (χ2n) is 20.7. The summed E-state index contributed by atoms with van der Waals surface area (Å²) >= 11 is 0. The number of nitrogen functional groups attached to an aromatic ring is 2. The third kappa shape index (κ3) is 14.1. The predicted octanol–water partition coefficient (Wildman–Crippen LogP) is 4.64. The molecule has 8 aromatic rings. The Labute approximate surface area is 475 Å². The van der Waals surface area contributed by atoms with Gasteiger partial charge in [-0.25, -0.2) is 29.3 Å². The molecule has 4 fully saturated rings. The largest absolute Gasteiger partial charge is 0.457 e. The van der Waals surface area contributed by atoms with Crippen LogP contribution in [0, 0.1) is 0 Å². The van der Waals surface area contributed by atoms with E-state index in [4.69, 9.17) is 46.7 Å². The van der Waals surface area contributed by atoms with Gasteiger partial charge in [-0.05, 0) is 112 Å². The molecule has 4 aliphatic heterocycles. The Morgan fingerprint density at radius 1 is 0.634 bits per heavy atom. The first kappa shape index (κ1) is 57.1. The summed E-state index contributed by atoms with van der Waals surface area (Å²) in [5.74, 6) is 3.65. The Hall–Kier alpha value is -8.16. The highest BCUT2D eigenvalue weighted by molar-refractivity contribution is 5.99. The van der Waals surface area contributed by atoms with E-state index >= 15 is 0 Å². The molecule has 0 spiro atoms. The number of carbonyl (C=O) groups excluding carboxylic acids is 2. The van der Waals surface area contributed by atoms with Gasteiger partial charge in [0.05, 0.1) is 54.8 Å². The quantitative estimate of drug-likeness (QED) is 0.0580. The number of amides is 2. The Bertz CT molecular complexity index is 3320. The van der Waals surface area contributed by atoms with Crippen molar-refractivity contribution in [3.63, 3.8) is 0 Å². The van der Waals surface area contributed by atoms with Crippen LogP contribution in [0.3, 0.4) is 0 Å². The van der Waals surface area contributed by atoms with E-state index in [0.29, 0.717) is 90.1 Å². The van der Waals surface area contributed by atoms with Crippen molar-refractivity contribution in [3.05, 3.63) is 122 Å². The van der Waals surface area contributed by atoms with Gasteiger partial charge in [-0.3, -0.25) is 9.59 Å². The summed E-state index contributed by atoms with van der Waals surface area (Å²) in [4.78, 5) is 48.3. The van der Waals surface area contributed by atoms with Crippen molar-refractivity contribution < 1.29 is 34.0 Å². The summed E-state index contributed by atoms with van der Waals surface area (Å²) in [6.07, 6.45) is 8.50. The monoisotopic (exact) mass is 1120 g/mol. The van der Waals surface area contributed by atoms with Gasteiger partial charge in [0.2, 0.25) is 11.8 Å². The molecule has 10 N–H and O–H groups in total. The number of ether oxygens (including phenoxy) is 3. The minimum absolute atomic E-state index is 0.0216. The SMILES string of the molecule is NCCN1CCCCC1.Nc1ncnc2c1c(-c1ccc(Oc3ccccc3)cc1)nn2C1CN(C(=O)CNCC(O)CO)C1.Nc1ncnc2c1c(-c1ccc(Oc3ccccc3)cc1)nn2C1CN(C(=O)CNCC2CCCO2)C1. The first-order chi connectivity index (χ1) is 40.1. The minimum atomic E-state index is -0.889. The zero-order valence-corrected chi connectivity index (χ0v) is 45.9. The van der Waals surface area contributed by atoms with Crippen LogP contribution in [0.1, 0.15) is 44.2 Å². The van der Waals surface area contributed by atoms with Gasteiger partial charge in [0, 0.05) is 70.1 Å². The number of aromatic nitrogens is 8. The molecule has 4 aromatic heterocycles. The van der Waals surface area contributed by atoms with Crippen molar-refractivity contribution in [1.82, 2.24) is 64.8 Å². The molecule has 23 nitrogen and oxygen atoms in total. The maximum atomic E-state index is 12.6. The Morgan fingerprint density at radius 3 is 1.56 bits per heavy atom. The van der Waals surface area contributed by atoms with Crippen LogP contribution in [0.5, 0.6) is 23.0 Å². The molecule has 4 saturated heterocycles. The van der Waals surface area contributed by atoms with Crippen LogP contribution in [0.25, 0.3) is 44.6 Å². The Morgan fingerprint density at radius 2 is 1.11 bits per heavy atom. The van der Waals surface area contributed by atoms with Crippen molar-refractivity contribution in [3.8, 4) is 45.5 Å². The number of piperidine rings is 1. The number of carbonyl (C=O) groups is 2. The standard InChI is InChI=1S/C27H29N7O3.C25H27N7O4.C7H16N2/c28-26-24-25(18-8-10-21(11-9-18)37-20-5-2-1-3-6-20)32-34(27(24)31-17-30-26)19-15-33(16-19)23(35)14-29-13-22-7-4-12-36-22;26-24-22-23(16-6-8-20(9-7-16)36-19-4-2-1-3-5-19)30-32(25(22)29-15-28-24)17-12-31(13-17)21(35)11-27-10-18(34)14-33;8-4-7-9-5-2-1-3-6-9/h1-3,5-6,8-11,17,19,22,29H,4,7,12-16H2,(H2,28,30,31);1-9,15,17-18,27,33-34H,10-14H2,(H2,26,28,29);1-8H2. The fourth-order valence-electron chi connectivity index (χ4n) is 10.3. The second kappa shape index (κ2) is 27.5. The van der Waals surface area contributed by atoms with Crippen molar-refractivity contribution in [1.29, 1.82) is 0 Å². The van der Waals surface area contributed by atoms with Gasteiger partial charge in [0.15, 0.2) is 11.3 Å². The van der Waals surface area contributed by atoms with Crippen LogP contribution in [-0.2, 0) is 14.3 Å². The van der Waals surface area contributed by atoms with Gasteiger partial charge in [0.1, 0.15) is 58.7 Å². The van der Waals surface area contributed by atoms with E-state index in [-0.39, 0.29) is 49.7 Å². The maximum absolute atomic E-state index is 12.6. The minimum Gasteiger partial charge on any atom is -0.457 e. The van der Waals surface area contributed by atoms with Gasteiger partial charge < -0.3 is 67.0 Å². The number of hydrogen-bond acceptors (Lipinski definition) is 19. The second-order valence-corrected chi connectivity index (χ2v) is 20.7. The number of aliphatic hydroxyl groups excluding tert-OH is 2. The summed E-state index contributed by atoms with van der Waals surface area (Å²) in [7, 11) is 0. The van der Waals surface area contributed by atoms with Crippen LogP contribution < -0.4 is 37.3 Å². The zero-order chi connectivity index (χ0) is 56.8. The number of likely N-dealkylation sites (tertiary alicyclic amines) is 3. The molecule has 0 aliphatic carbocycles. The summed E-state index contributed by atoms with van der Waals surface area (Å²) in [5, 5.41) is 35.4. The van der Waals surface area contributed by atoms with Gasteiger partial charge in [-0.15, -0.1) is 0 Å². The topological polar surface area (TPSA) is 301 Å². The number of aliphatic hydroxyl groups is 2. The molecule has 2 atom stereocenters. The molecule has 4 aromatic carbocycles. The molecule has 430 valence electrons. The predicted molar refractivity (Wildman–Crippen MR) is 312 cm³/mol. The molecule has 0 radical (unpaired) electrons. The highest BCUT2D eigenvalue weighted by atomic mass is 16.5. The van der Waals surface area contributed by atoms with E-state index in [1.165, 1.54) is 45.0 Å². The first-order valence-corrected chi connectivity index (χ1v) is 28.1. The smallest absolute Gasteiger partial charge is 0.236 e. The highest BCUT2D eigenvalue weighted by Gasteiger charge is 2.36. The van der Waals surface area contributed by atoms with Gasteiger partial charge >= 0.3 is 0 Å². The van der Waals surface area contributed by atoms with E-state index in [9.17, 15) is 14.7 Å². The number of rotatable bonds is 19. The highest BCUT2D eigenvalue weighted by Crippen LogP contribution is 2.37. The van der Waals surface area contributed by atoms with Gasteiger partial charge in [-0.2, -0.15) is 10.2 Å². The first-order valence-electron chi connectivity index (χ1n) is 28.1. The number of fused-ring (bicyclic) bond motifs is 2.